The molecule has 0 atom stereocenters. The van der Waals surface area contributed by atoms with Crippen molar-refractivity contribution in [3.05, 3.63) is 11.1 Å². The van der Waals surface area contributed by atoms with Gasteiger partial charge in [0.15, 0.2) is 5.13 Å². The predicted octanol–water partition coefficient (Wildman–Crippen LogP) is 1.16. The fourth-order valence-corrected chi connectivity index (χ4v) is 1.32. The second kappa shape index (κ2) is 3.73. The average Bonchev–Trinajstić information content (AvgIpc) is 2.47. The number of thiazole rings is 1. The average molecular weight is 196 g/mol. The Balaban J connectivity index is 2.52. The van der Waals surface area contributed by atoms with Crippen LogP contribution < -0.4 is 11.1 Å². The predicted molar refractivity (Wildman–Crippen MR) is 53.6 cm³/mol. The Morgan fingerprint density at radius 2 is 2.46 bits per heavy atom. The van der Waals surface area contributed by atoms with Crippen molar-refractivity contribution in [2.75, 3.05) is 11.9 Å². The van der Waals surface area contributed by atoms with Gasteiger partial charge in [-0.15, -0.1) is 0 Å². The van der Waals surface area contributed by atoms with Gasteiger partial charge in [0.05, 0.1) is 6.20 Å². The second-order valence-corrected chi connectivity index (χ2v) is 4.51. The number of hydrogen-bond donors (Lipinski definition) is 2. The van der Waals surface area contributed by atoms with E-state index in [9.17, 15) is 0 Å². The molecule has 0 amide bonds. The van der Waals surface area contributed by atoms with E-state index in [2.05, 4.69) is 10.3 Å². The number of nitriles is 1. The summed E-state index contributed by atoms with van der Waals surface area (Å²) >= 11 is 1.33. The molecule has 0 bridgehead atoms. The minimum atomic E-state index is -0.265. The van der Waals surface area contributed by atoms with Gasteiger partial charge in [-0.2, -0.15) is 5.26 Å². The van der Waals surface area contributed by atoms with E-state index in [1.165, 1.54) is 11.3 Å². The first-order valence-corrected chi connectivity index (χ1v) is 4.71. The van der Waals surface area contributed by atoms with Crippen molar-refractivity contribution in [1.29, 1.82) is 5.26 Å². The number of nitrogens with two attached hydrogens (primary N) is 1. The third-order valence-corrected chi connectivity index (χ3v) is 2.17. The van der Waals surface area contributed by atoms with Crippen molar-refractivity contribution in [3.8, 4) is 6.07 Å². The molecule has 0 radical (unpaired) electrons. The molecule has 70 valence electrons. The van der Waals surface area contributed by atoms with Gasteiger partial charge in [0.25, 0.3) is 0 Å². The van der Waals surface area contributed by atoms with Crippen molar-refractivity contribution >= 4 is 16.5 Å². The monoisotopic (exact) mass is 196 g/mol. The Morgan fingerprint density at radius 3 is 2.92 bits per heavy atom. The van der Waals surface area contributed by atoms with Gasteiger partial charge in [0.2, 0.25) is 0 Å². The standard InChI is InChI=1S/C8H12N4S/c1-8(2,10)5-12-7-11-4-6(3-9)13-7/h4H,5,10H2,1-2H3,(H,11,12). The Bertz CT molecular complexity index is 318. The summed E-state index contributed by atoms with van der Waals surface area (Å²) in [6.45, 7) is 4.50. The lowest BCUT2D eigenvalue weighted by Crippen LogP contribution is -2.39. The molecule has 0 saturated heterocycles. The highest BCUT2D eigenvalue weighted by Gasteiger charge is 2.10. The molecule has 0 fully saturated rings. The van der Waals surface area contributed by atoms with Crippen LogP contribution in [-0.4, -0.2) is 17.1 Å². The van der Waals surface area contributed by atoms with Gasteiger partial charge in [0, 0.05) is 12.1 Å². The smallest absolute Gasteiger partial charge is 0.183 e. The normalized spacial score (nSPS) is 10.9. The van der Waals surface area contributed by atoms with Gasteiger partial charge in [-0.25, -0.2) is 4.98 Å². The van der Waals surface area contributed by atoms with E-state index in [0.717, 1.165) is 5.13 Å². The molecule has 1 rings (SSSR count). The molecule has 1 aromatic rings. The topological polar surface area (TPSA) is 74.7 Å². The first kappa shape index (κ1) is 9.96. The van der Waals surface area contributed by atoms with E-state index < -0.39 is 0 Å². The van der Waals surface area contributed by atoms with Gasteiger partial charge in [-0.1, -0.05) is 11.3 Å². The second-order valence-electron chi connectivity index (χ2n) is 3.48. The Labute approximate surface area is 81.4 Å². The summed E-state index contributed by atoms with van der Waals surface area (Å²) < 4.78 is 0. The van der Waals surface area contributed by atoms with Crippen molar-refractivity contribution in [2.45, 2.75) is 19.4 Å². The molecule has 1 heterocycles. The highest BCUT2D eigenvalue weighted by molar-refractivity contribution is 7.16. The first-order valence-electron chi connectivity index (χ1n) is 3.90. The number of nitrogens with one attached hydrogen (secondary N) is 1. The van der Waals surface area contributed by atoms with E-state index in [4.69, 9.17) is 11.0 Å². The van der Waals surface area contributed by atoms with Gasteiger partial charge < -0.3 is 11.1 Å². The molecule has 0 aliphatic heterocycles. The van der Waals surface area contributed by atoms with Crippen LogP contribution in [0.3, 0.4) is 0 Å². The van der Waals surface area contributed by atoms with Crippen LogP contribution in [-0.2, 0) is 0 Å². The molecule has 0 saturated carbocycles. The highest BCUT2D eigenvalue weighted by Crippen LogP contribution is 2.17. The largest absolute Gasteiger partial charge is 0.360 e. The van der Waals surface area contributed by atoms with E-state index in [1.807, 2.05) is 19.9 Å². The zero-order chi connectivity index (χ0) is 9.90. The lowest BCUT2D eigenvalue weighted by atomic mass is 10.1. The van der Waals surface area contributed by atoms with Crippen LogP contribution in [0.15, 0.2) is 6.20 Å². The van der Waals surface area contributed by atoms with Gasteiger partial charge in [0.1, 0.15) is 10.9 Å². The summed E-state index contributed by atoms with van der Waals surface area (Å²) in [5, 5.41) is 12.4. The third kappa shape index (κ3) is 3.40. The maximum atomic E-state index is 8.55. The van der Waals surface area contributed by atoms with Crippen LogP contribution in [0, 0.1) is 11.3 Å². The molecular weight excluding hydrogens is 184 g/mol. The number of rotatable bonds is 3. The van der Waals surface area contributed by atoms with Crippen LogP contribution >= 0.6 is 11.3 Å². The van der Waals surface area contributed by atoms with Crippen LogP contribution in [0.25, 0.3) is 0 Å². The molecule has 3 N–H and O–H groups in total. The number of hydrogen-bond acceptors (Lipinski definition) is 5. The van der Waals surface area contributed by atoms with Gasteiger partial charge in [-0.3, -0.25) is 0 Å². The number of aromatic nitrogens is 1. The summed E-state index contributed by atoms with van der Waals surface area (Å²) in [5.41, 5.74) is 5.51. The fourth-order valence-electron chi connectivity index (χ4n) is 0.711. The zero-order valence-electron chi connectivity index (χ0n) is 7.66. The van der Waals surface area contributed by atoms with Gasteiger partial charge in [-0.05, 0) is 13.8 Å². The van der Waals surface area contributed by atoms with Crippen molar-refractivity contribution in [3.63, 3.8) is 0 Å². The molecule has 0 aliphatic carbocycles. The molecule has 0 spiro atoms. The molecular formula is C8H12N4S. The van der Waals surface area contributed by atoms with Crippen molar-refractivity contribution in [1.82, 2.24) is 4.98 Å². The van der Waals surface area contributed by atoms with Crippen LogP contribution in [0.4, 0.5) is 5.13 Å². The summed E-state index contributed by atoms with van der Waals surface area (Å²) in [4.78, 5) is 4.63. The number of anilines is 1. The van der Waals surface area contributed by atoms with E-state index in [-0.39, 0.29) is 5.54 Å². The summed E-state index contributed by atoms with van der Waals surface area (Å²) in [6, 6.07) is 2.03. The molecule has 5 heteroatoms. The lowest BCUT2D eigenvalue weighted by molar-refractivity contribution is 0.549. The zero-order valence-corrected chi connectivity index (χ0v) is 8.48. The quantitative estimate of drug-likeness (QED) is 0.760. The number of nitrogens with zero attached hydrogens (tertiary/aromatic N) is 2. The molecule has 1 aromatic heterocycles. The SMILES string of the molecule is CC(C)(N)CNc1ncc(C#N)s1. The Kier molecular flexibility index (Phi) is 2.86. The third-order valence-electron chi connectivity index (χ3n) is 1.31. The minimum absolute atomic E-state index is 0.265. The van der Waals surface area contributed by atoms with Crippen molar-refractivity contribution in [2.24, 2.45) is 5.73 Å². The fraction of sp³-hybridized carbons (Fsp3) is 0.500. The Morgan fingerprint density at radius 1 is 1.77 bits per heavy atom. The molecule has 0 aliphatic rings. The Hall–Kier alpha value is -1.12. The molecule has 0 aromatic carbocycles. The van der Waals surface area contributed by atoms with Crippen LogP contribution in [0.2, 0.25) is 0 Å². The minimum Gasteiger partial charge on any atom is -0.360 e. The maximum Gasteiger partial charge on any atom is 0.183 e. The first-order chi connectivity index (χ1) is 6.01. The summed E-state index contributed by atoms with van der Waals surface area (Å²) in [7, 11) is 0. The van der Waals surface area contributed by atoms with Crippen LogP contribution in [0.1, 0.15) is 18.7 Å². The van der Waals surface area contributed by atoms with Crippen molar-refractivity contribution < 1.29 is 0 Å². The van der Waals surface area contributed by atoms with Crippen LogP contribution in [0.5, 0.6) is 0 Å². The van der Waals surface area contributed by atoms with E-state index in [1.54, 1.807) is 6.20 Å². The highest BCUT2D eigenvalue weighted by atomic mass is 32.1. The van der Waals surface area contributed by atoms with E-state index >= 15 is 0 Å². The lowest BCUT2D eigenvalue weighted by Gasteiger charge is -2.18. The van der Waals surface area contributed by atoms with Gasteiger partial charge >= 0.3 is 0 Å². The summed E-state index contributed by atoms with van der Waals surface area (Å²) in [6.07, 6.45) is 1.55. The molecule has 0 unspecified atom stereocenters. The van der Waals surface area contributed by atoms with E-state index in [0.29, 0.717) is 11.4 Å². The summed E-state index contributed by atoms with van der Waals surface area (Å²) in [5.74, 6) is 0. The molecule has 4 nitrogen and oxygen atoms in total. The molecule has 13 heavy (non-hydrogen) atoms. The maximum absolute atomic E-state index is 8.55.